The predicted octanol–water partition coefficient (Wildman–Crippen LogP) is 4.56. The lowest BCUT2D eigenvalue weighted by molar-refractivity contribution is 0.0698. The highest BCUT2D eigenvalue weighted by molar-refractivity contribution is 8.01. The van der Waals surface area contributed by atoms with E-state index in [1.54, 1.807) is 0 Å². The number of carbonyl (C=O) groups is 1. The van der Waals surface area contributed by atoms with Crippen LogP contribution in [-0.2, 0) is 9.84 Å². The zero-order valence-electron chi connectivity index (χ0n) is 16.2. The van der Waals surface area contributed by atoms with Crippen LogP contribution in [-0.4, -0.2) is 47.9 Å². The Hall–Kier alpha value is -2.11. The van der Waals surface area contributed by atoms with Gasteiger partial charge >= 0.3 is 5.97 Å². The summed E-state index contributed by atoms with van der Waals surface area (Å²) in [6.45, 7) is 0.518. The molecule has 32 heavy (non-hydrogen) atoms. The molecule has 1 atom stereocenters. The fraction of sp³-hybridized carbons (Fsp3) is 0.200. The first-order chi connectivity index (χ1) is 15.2. The normalized spacial score (nSPS) is 16.8. The molecule has 0 spiro atoms. The van der Waals surface area contributed by atoms with Crippen LogP contribution in [0, 0.1) is 5.82 Å². The van der Waals surface area contributed by atoms with Gasteiger partial charge in [0.05, 0.1) is 16.9 Å². The Labute approximate surface area is 197 Å². The van der Waals surface area contributed by atoms with Gasteiger partial charge < -0.3 is 10.4 Å². The van der Waals surface area contributed by atoms with Crippen molar-refractivity contribution in [3.05, 3.63) is 57.8 Å². The van der Waals surface area contributed by atoms with Crippen molar-refractivity contribution in [2.24, 2.45) is 0 Å². The molecule has 1 aliphatic heterocycles. The number of nitrogens with one attached hydrogen (secondary N) is 2. The molecule has 1 fully saturated rings. The number of nitrogens with zero attached hydrogens (tertiary/aromatic N) is 1. The molecule has 1 unspecified atom stereocenters. The summed E-state index contributed by atoms with van der Waals surface area (Å²) in [5.41, 5.74) is -0.0558. The summed E-state index contributed by atoms with van der Waals surface area (Å²) in [6, 6.07) is 7.90. The van der Waals surface area contributed by atoms with E-state index in [1.807, 2.05) is 0 Å². The number of rotatable bonds is 5. The molecule has 3 aromatic rings. The van der Waals surface area contributed by atoms with Crippen LogP contribution in [0.15, 0.2) is 41.4 Å². The number of pyridine rings is 1. The van der Waals surface area contributed by atoms with Gasteiger partial charge in [0.2, 0.25) is 9.84 Å². The maximum absolute atomic E-state index is 14.7. The lowest BCUT2D eigenvalue weighted by atomic mass is 10.1. The highest BCUT2D eigenvalue weighted by Gasteiger charge is 2.31. The molecule has 1 aromatic heterocycles. The van der Waals surface area contributed by atoms with Crippen LogP contribution in [0.3, 0.4) is 0 Å². The standard InChI is InChI=1S/C20H16Cl2FN3O4S2/c21-10-1-2-15(13(5-10)20(27)28)25-16-8-17(32(29,30)18-9-31-4-3-24-18)26-19-12(16)6-11(22)7-14(19)23/h1-2,5-8,18,24H,3-4,9H2,(H,25,26)(H,27,28). The van der Waals surface area contributed by atoms with Crippen LogP contribution >= 0.6 is 35.0 Å². The molecular weight excluding hydrogens is 500 g/mol. The molecule has 0 radical (unpaired) electrons. The molecule has 2 heterocycles. The fourth-order valence-electron chi connectivity index (χ4n) is 3.31. The number of hydrogen-bond donors (Lipinski definition) is 3. The number of fused-ring (bicyclic) bond motifs is 1. The highest BCUT2D eigenvalue weighted by Crippen LogP contribution is 2.34. The number of thioether (sulfide) groups is 1. The maximum Gasteiger partial charge on any atom is 0.337 e. The largest absolute Gasteiger partial charge is 0.478 e. The van der Waals surface area contributed by atoms with Crippen LogP contribution < -0.4 is 10.6 Å². The summed E-state index contributed by atoms with van der Waals surface area (Å²) < 4.78 is 41.2. The average molecular weight is 516 g/mol. The predicted molar refractivity (Wildman–Crippen MR) is 125 cm³/mol. The minimum absolute atomic E-state index is 0.0790. The Balaban J connectivity index is 1.91. The van der Waals surface area contributed by atoms with Crippen molar-refractivity contribution in [2.75, 3.05) is 23.4 Å². The molecule has 1 aliphatic rings. The summed E-state index contributed by atoms with van der Waals surface area (Å²) in [5, 5.41) is 14.7. The van der Waals surface area contributed by atoms with Gasteiger partial charge in [0.15, 0.2) is 10.8 Å². The van der Waals surface area contributed by atoms with Gasteiger partial charge in [0.25, 0.3) is 0 Å². The van der Waals surface area contributed by atoms with Gasteiger partial charge in [-0.05, 0) is 36.4 Å². The van der Waals surface area contributed by atoms with Gasteiger partial charge in [0.1, 0.15) is 10.9 Å². The fourth-order valence-corrected chi connectivity index (χ4v) is 6.58. The Morgan fingerprint density at radius 2 is 1.97 bits per heavy atom. The Morgan fingerprint density at radius 3 is 2.66 bits per heavy atom. The van der Waals surface area contributed by atoms with E-state index in [1.165, 1.54) is 42.1 Å². The third kappa shape index (κ3) is 4.51. The number of halogens is 3. The van der Waals surface area contributed by atoms with Crippen molar-refractivity contribution >= 4 is 73.0 Å². The summed E-state index contributed by atoms with van der Waals surface area (Å²) in [4.78, 5) is 15.8. The zero-order chi connectivity index (χ0) is 23.0. The monoisotopic (exact) mass is 515 g/mol. The SMILES string of the molecule is O=C(O)c1cc(Cl)ccc1Nc1cc(S(=O)(=O)C2CSCCN2)nc2c(F)cc(Cl)cc12. The van der Waals surface area contributed by atoms with Gasteiger partial charge in [-0.1, -0.05) is 23.2 Å². The number of aromatic nitrogens is 1. The van der Waals surface area contributed by atoms with Gasteiger partial charge in [0, 0.05) is 33.5 Å². The first-order valence-electron chi connectivity index (χ1n) is 9.31. The molecule has 0 aliphatic carbocycles. The number of carboxylic acid groups (broad SMARTS) is 1. The van der Waals surface area contributed by atoms with Crippen LogP contribution in [0.1, 0.15) is 10.4 Å². The van der Waals surface area contributed by atoms with Gasteiger partial charge in [-0.2, -0.15) is 11.8 Å². The number of sulfone groups is 1. The number of anilines is 2. The van der Waals surface area contributed by atoms with E-state index in [0.29, 0.717) is 12.3 Å². The molecule has 0 bridgehead atoms. The molecule has 1 saturated heterocycles. The van der Waals surface area contributed by atoms with Crippen LogP contribution in [0.4, 0.5) is 15.8 Å². The first-order valence-corrected chi connectivity index (χ1v) is 12.8. The summed E-state index contributed by atoms with van der Waals surface area (Å²) in [5.74, 6) is -0.929. The van der Waals surface area contributed by atoms with Crippen LogP contribution in [0.2, 0.25) is 10.0 Å². The zero-order valence-corrected chi connectivity index (χ0v) is 19.4. The highest BCUT2D eigenvalue weighted by atomic mass is 35.5. The Kier molecular flexibility index (Phi) is 6.51. The van der Waals surface area contributed by atoms with Gasteiger partial charge in [-0.3, -0.25) is 5.32 Å². The minimum Gasteiger partial charge on any atom is -0.478 e. The van der Waals surface area contributed by atoms with E-state index in [0.717, 1.165) is 11.8 Å². The van der Waals surface area contributed by atoms with E-state index >= 15 is 0 Å². The van der Waals surface area contributed by atoms with Crippen molar-refractivity contribution in [3.63, 3.8) is 0 Å². The lowest BCUT2D eigenvalue weighted by Gasteiger charge is -2.23. The third-order valence-corrected chi connectivity index (χ3v) is 8.44. The van der Waals surface area contributed by atoms with Crippen molar-refractivity contribution in [3.8, 4) is 0 Å². The molecular formula is C20H16Cl2FN3O4S2. The lowest BCUT2D eigenvalue weighted by Crippen LogP contribution is -2.43. The summed E-state index contributed by atoms with van der Waals surface area (Å²) >= 11 is 13.4. The minimum atomic E-state index is -3.95. The van der Waals surface area contributed by atoms with E-state index in [4.69, 9.17) is 23.2 Å². The molecule has 2 aromatic carbocycles. The second-order valence-electron chi connectivity index (χ2n) is 6.97. The molecule has 0 amide bonds. The van der Waals surface area contributed by atoms with Crippen molar-refractivity contribution in [1.82, 2.24) is 10.3 Å². The maximum atomic E-state index is 14.7. The average Bonchev–Trinajstić information content (AvgIpc) is 2.75. The molecule has 7 nitrogen and oxygen atoms in total. The van der Waals surface area contributed by atoms with Crippen LogP contribution in [0.5, 0.6) is 0 Å². The smallest absolute Gasteiger partial charge is 0.337 e. The second-order valence-corrected chi connectivity index (χ2v) is 11.1. The van der Waals surface area contributed by atoms with Crippen molar-refractivity contribution in [1.29, 1.82) is 0 Å². The Bertz CT molecular complexity index is 1330. The topological polar surface area (TPSA) is 108 Å². The van der Waals surface area contributed by atoms with E-state index in [2.05, 4.69) is 15.6 Å². The van der Waals surface area contributed by atoms with E-state index in [-0.39, 0.29) is 42.9 Å². The number of aromatic carboxylic acids is 1. The molecule has 12 heteroatoms. The Morgan fingerprint density at radius 1 is 1.19 bits per heavy atom. The molecule has 3 N–H and O–H groups in total. The quantitative estimate of drug-likeness (QED) is 0.453. The second kappa shape index (κ2) is 9.03. The molecule has 4 rings (SSSR count). The number of carboxylic acids is 1. The van der Waals surface area contributed by atoms with Gasteiger partial charge in [-0.25, -0.2) is 22.6 Å². The summed E-state index contributed by atoms with van der Waals surface area (Å²) in [7, 11) is -3.95. The molecule has 0 saturated carbocycles. The first kappa shape index (κ1) is 23.1. The van der Waals surface area contributed by atoms with Crippen LogP contribution in [0.25, 0.3) is 10.9 Å². The van der Waals surface area contributed by atoms with E-state index < -0.39 is 27.0 Å². The van der Waals surface area contributed by atoms with E-state index in [9.17, 15) is 22.7 Å². The van der Waals surface area contributed by atoms with Gasteiger partial charge in [-0.15, -0.1) is 0 Å². The number of hydrogen-bond acceptors (Lipinski definition) is 7. The summed E-state index contributed by atoms with van der Waals surface area (Å²) in [6.07, 6.45) is 0. The third-order valence-electron chi connectivity index (χ3n) is 4.84. The van der Waals surface area contributed by atoms with Crippen molar-refractivity contribution < 1.29 is 22.7 Å². The molecule has 168 valence electrons. The number of benzene rings is 2. The van der Waals surface area contributed by atoms with Crippen molar-refractivity contribution in [2.45, 2.75) is 10.4 Å².